The SMILES string of the molecule is CC1OCCC2Oc3ccc(-c4cccc(C#N)c4)cc3[C@@]3(COC(N)=N3)[C@@H]12. The Morgan fingerprint density at radius 2 is 2.07 bits per heavy atom. The maximum Gasteiger partial charge on any atom is 0.283 e. The Morgan fingerprint density at radius 1 is 1.21 bits per heavy atom. The molecule has 3 aliphatic heterocycles. The molecule has 2 unspecified atom stereocenters. The van der Waals surface area contributed by atoms with E-state index < -0.39 is 5.54 Å². The summed E-state index contributed by atoms with van der Waals surface area (Å²) in [5, 5.41) is 9.22. The van der Waals surface area contributed by atoms with E-state index in [1.165, 1.54) is 0 Å². The first-order valence-electron chi connectivity index (χ1n) is 9.52. The van der Waals surface area contributed by atoms with E-state index in [2.05, 4.69) is 19.1 Å². The number of aliphatic imine (C=N–C) groups is 1. The molecule has 1 saturated heterocycles. The van der Waals surface area contributed by atoms with Crippen LogP contribution in [0.1, 0.15) is 24.5 Å². The number of nitriles is 1. The Morgan fingerprint density at radius 3 is 2.86 bits per heavy atom. The number of fused-ring (bicyclic) bond motifs is 4. The molecule has 1 fully saturated rings. The molecular formula is C22H21N3O3. The molecule has 2 aromatic rings. The van der Waals surface area contributed by atoms with E-state index >= 15 is 0 Å². The zero-order valence-corrected chi connectivity index (χ0v) is 15.6. The van der Waals surface area contributed by atoms with Crippen molar-refractivity contribution in [3.63, 3.8) is 0 Å². The van der Waals surface area contributed by atoms with Gasteiger partial charge in [-0.25, -0.2) is 4.99 Å². The third-order valence-corrected chi connectivity index (χ3v) is 6.04. The summed E-state index contributed by atoms with van der Waals surface area (Å²) in [6.07, 6.45) is 0.815. The van der Waals surface area contributed by atoms with Gasteiger partial charge in [0.05, 0.1) is 30.3 Å². The van der Waals surface area contributed by atoms with Gasteiger partial charge >= 0.3 is 0 Å². The van der Waals surface area contributed by atoms with Crippen molar-refractivity contribution in [2.45, 2.75) is 31.1 Å². The highest BCUT2D eigenvalue weighted by atomic mass is 16.5. The predicted molar refractivity (Wildman–Crippen MR) is 104 cm³/mol. The summed E-state index contributed by atoms with van der Waals surface area (Å²) in [7, 11) is 0. The molecule has 3 heterocycles. The highest BCUT2D eigenvalue weighted by molar-refractivity contribution is 5.75. The van der Waals surface area contributed by atoms with Gasteiger partial charge in [-0.15, -0.1) is 0 Å². The summed E-state index contributed by atoms with van der Waals surface area (Å²) in [6.45, 7) is 3.12. The highest BCUT2D eigenvalue weighted by Crippen LogP contribution is 2.52. The molecule has 142 valence electrons. The van der Waals surface area contributed by atoms with Gasteiger partial charge < -0.3 is 19.9 Å². The number of nitrogens with zero attached hydrogens (tertiary/aromatic N) is 2. The summed E-state index contributed by atoms with van der Waals surface area (Å²) in [5.41, 5.74) is 8.91. The molecule has 2 N–H and O–H groups in total. The van der Waals surface area contributed by atoms with Crippen molar-refractivity contribution in [1.29, 1.82) is 5.26 Å². The molecule has 3 aliphatic rings. The van der Waals surface area contributed by atoms with Crippen LogP contribution in [0.15, 0.2) is 47.5 Å². The average molecular weight is 375 g/mol. The first kappa shape index (κ1) is 17.1. The van der Waals surface area contributed by atoms with Gasteiger partial charge in [-0.05, 0) is 42.3 Å². The zero-order valence-electron chi connectivity index (χ0n) is 15.6. The number of nitrogens with two attached hydrogens (primary N) is 1. The Labute approximate surface area is 163 Å². The molecular weight excluding hydrogens is 354 g/mol. The largest absolute Gasteiger partial charge is 0.489 e. The van der Waals surface area contributed by atoms with Crippen molar-refractivity contribution in [1.82, 2.24) is 0 Å². The van der Waals surface area contributed by atoms with Gasteiger partial charge in [0, 0.05) is 12.0 Å². The van der Waals surface area contributed by atoms with Crippen LogP contribution in [-0.4, -0.2) is 31.4 Å². The van der Waals surface area contributed by atoms with Gasteiger partial charge in [-0.2, -0.15) is 5.26 Å². The minimum Gasteiger partial charge on any atom is -0.489 e. The standard InChI is InChI=1S/C22H21N3O3/c1-13-20-19(7-8-26-13)28-18-6-5-16(15-4-2-3-14(9-15)11-23)10-17(18)22(20)12-27-21(24)25-22/h2-6,9-10,13,19-20H,7-8,12H2,1H3,(H2,24,25)/t13?,19?,20-,22-/m0/s1. The van der Waals surface area contributed by atoms with Crippen LogP contribution in [0, 0.1) is 17.2 Å². The monoisotopic (exact) mass is 375 g/mol. The van der Waals surface area contributed by atoms with E-state index in [-0.39, 0.29) is 24.1 Å². The summed E-state index contributed by atoms with van der Waals surface area (Å²) in [4.78, 5) is 4.78. The fourth-order valence-electron chi connectivity index (χ4n) is 4.80. The maximum absolute atomic E-state index is 9.22. The molecule has 6 nitrogen and oxygen atoms in total. The number of amidine groups is 1. The summed E-state index contributed by atoms with van der Waals surface area (Å²) in [6, 6.07) is 16.1. The van der Waals surface area contributed by atoms with Crippen LogP contribution in [0.5, 0.6) is 5.75 Å². The topological polar surface area (TPSA) is 89.9 Å². The molecule has 28 heavy (non-hydrogen) atoms. The van der Waals surface area contributed by atoms with Gasteiger partial charge in [0.25, 0.3) is 6.02 Å². The quantitative estimate of drug-likeness (QED) is 0.828. The minimum atomic E-state index is -0.620. The molecule has 5 rings (SSSR count). The molecule has 0 radical (unpaired) electrons. The fourth-order valence-corrected chi connectivity index (χ4v) is 4.80. The fraction of sp³-hybridized carbons (Fsp3) is 0.364. The van der Waals surface area contributed by atoms with E-state index in [9.17, 15) is 5.26 Å². The second-order valence-corrected chi connectivity index (χ2v) is 7.61. The third kappa shape index (κ3) is 2.47. The Balaban J connectivity index is 1.68. The zero-order chi connectivity index (χ0) is 19.3. The molecule has 0 bridgehead atoms. The summed E-state index contributed by atoms with van der Waals surface area (Å²) < 4.78 is 18.0. The molecule has 0 saturated carbocycles. The van der Waals surface area contributed by atoms with Crippen molar-refractivity contribution in [3.05, 3.63) is 53.6 Å². The van der Waals surface area contributed by atoms with Crippen LogP contribution >= 0.6 is 0 Å². The van der Waals surface area contributed by atoms with E-state index in [1.54, 1.807) is 6.07 Å². The number of hydrogen-bond acceptors (Lipinski definition) is 6. The van der Waals surface area contributed by atoms with Crippen LogP contribution in [-0.2, 0) is 15.0 Å². The number of hydrogen-bond donors (Lipinski definition) is 1. The lowest BCUT2D eigenvalue weighted by Crippen LogP contribution is -2.56. The molecule has 0 amide bonds. The molecule has 0 aromatic heterocycles. The lowest BCUT2D eigenvalue weighted by Gasteiger charge is -2.48. The minimum absolute atomic E-state index is 0.0160. The van der Waals surface area contributed by atoms with Crippen LogP contribution in [0.4, 0.5) is 0 Å². The first-order chi connectivity index (χ1) is 13.6. The van der Waals surface area contributed by atoms with Gasteiger partial charge in [0.2, 0.25) is 0 Å². The molecule has 2 aromatic carbocycles. The van der Waals surface area contributed by atoms with Crippen molar-refractivity contribution < 1.29 is 14.2 Å². The van der Waals surface area contributed by atoms with Gasteiger partial charge in [-0.3, -0.25) is 0 Å². The lowest BCUT2D eigenvalue weighted by molar-refractivity contribution is -0.116. The summed E-state index contributed by atoms with van der Waals surface area (Å²) >= 11 is 0. The average Bonchev–Trinajstić information content (AvgIpc) is 3.10. The maximum atomic E-state index is 9.22. The van der Waals surface area contributed by atoms with Crippen molar-refractivity contribution in [3.8, 4) is 22.9 Å². The Bertz CT molecular complexity index is 1010. The molecule has 0 aliphatic carbocycles. The van der Waals surface area contributed by atoms with Gasteiger partial charge in [0.15, 0.2) is 0 Å². The van der Waals surface area contributed by atoms with Crippen molar-refractivity contribution >= 4 is 6.02 Å². The van der Waals surface area contributed by atoms with Crippen LogP contribution in [0.2, 0.25) is 0 Å². The number of rotatable bonds is 1. The van der Waals surface area contributed by atoms with E-state index in [1.807, 2.05) is 30.3 Å². The van der Waals surface area contributed by atoms with Crippen molar-refractivity contribution in [2.75, 3.05) is 13.2 Å². The Kier molecular flexibility index (Phi) is 3.81. The van der Waals surface area contributed by atoms with E-state index in [0.29, 0.717) is 18.8 Å². The van der Waals surface area contributed by atoms with Gasteiger partial charge in [0.1, 0.15) is 24.0 Å². The predicted octanol–water partition coefficient (Wildman–Crippen LogP) is 2.95. The van der Waals surface area contributed by atoms with E-state index in [0.717, 1.165) is 28.9 Å². The van der Waals surface area contributed by atoms with Crippen LogP contribution in [0.25, 0.3) is 11.1 Å². The normalized spacial score (nSPS) is 30.4. The first-order valence-corrected chi connectivity index (χ1v) is 9.52. The third-order valence-electron chi connectivity index (χ3n) is 6.04. The van der Waals surface area contributed by atoms with Crippen molar-refractivity contribution in [2.24, 2.45) is 16.6 Å². The second-order valence-electron chi connectivity index (χ2n) is 7.61. The van der Waals surface area contributed by atoms with Crippen LogP contribution < -0.4 is 10.5 Å². The highest BCUT2D eigenvalue weighted by Gasteiger charge is 2.57. The number of benzene rings is 2. The van der Waals surface area contributed by atoms with E-state index in [4.69, 9.17) is 24.9 Å². The molecule has 1 spiro atoms. The summed E-state index contributed by atoms with van der Waals surface area (Å²) in [5.74, 6) is 0.841. The smallest absolute Gasteiger partial charge is 0.283 e. The molecule has 4 atom stereocenters. The van der Waals surface area contributed by atoms with Gasteiger partial charge in [-0.1, -0.05) is 18.2 Å². The van der Waals surface area contributed by atoms with Crippen LogP contribution in [0.3, 0.4) is 0 Å². The molecule has 6 heteroatoms. The number of ether oxygens (including phenoxy) is 3. The lowest BCUT2D eigenvalue weighted by atomic mass is 9.69. The Hall–Kier alpha value is -3.04. The second kappa shape index (κ2) is 6.25.